The quantitative estimate of drug-likeness (QED) is 0.362. The Kier molecular flexibility index (Phi) is 6.07. The first-order valence-electron chi connectivity index (χ1n) is 7.74. The molecule has 0 heterocycles. The number of ether oxygens (including phenoxy) is 3. The van der Waals surface area contributed by atoms with Crippen LogP contribution in [0, 0.1) is 20.8 Å². The lowest BCUT2D eigenvalue weighted by Gasteiger charge is -2.14. The van der Waals surface area contributed by atoms with E-state index in [4.69, 9.17) is 19.4 Å². The van der Waals surface area contributed by atoms with E-state index in [2.05, 4.69) is 32.0 Å². The van der Waals surface area contributed by atoms with E-state index in [0.29, 0.717) is 24.7 Å². The molecule has 0 aliphatic rings. The maximum absolute atomic E-state index is 8.58. The van der Waals surface area contributed by atoms with E-state index in [1.54, 1.807) is 25.3 Å². The van der Waals surface area contributed by atoms with Gasteiger partial charge in [0, 0.05) is 5.56 Å². The maximum atomic E-state index is 8.58. The number of oxime groups is 1. The lowest BCUT2D eigenvalue weighted by molar-refractivity contribution is 0.210. The predicted molar refractivity (Wildman–Crippen MR) is 94.0 cm³/mol. The Morgan fingerprint density at radius 3 is 2.33 bits per heavy atom. The molecule has 0 bridgehead atoms. The van der Waals surface area contributed by atoms with Gasteiger partial charge in [0.05, 0.1) is 13.3 Å². The van der Waals surface area contributed by atoms with Crippen molar-refractivity contribution in [1.29, 1.82) is 0 Å². The summed E-state index contributed by atoms with van der Waals surface area (Å²) < 4.78 is 16.9. The van der Waals surface area contributed by atoms with Gasteiger partial charge in [0.25, 0.3) is 0 Å². The van der Waals surface area contributed by atoms with Crippen molar-refractivity contribution in [2.24, 2.45) is 5.16 Å². The highest BCUT2D eigenvalue weighted by atomic mass is 16.5. The highest BCUT2D eigenvalue weighted by Gasteiger charge is 2.07. The molecule has 0 fully saturated rings. The van der Waals surface area contributed by atoms with Crippen molar-refractivity contribution in [3.8, 4) is 17.2 Å². The Hall–Kier alpha value is -2.69. The van der Waals surface area contributed by atoms with Crippen LogP contribution in [0.3, 0.4) is 0 Å². The summed E-state index contributed by atoms with van der Waals surface area (Å²) in [6.07, 6.45) is 1.33. The zero-order valence-corrected chi connectivity index (χ0v) is 14.5. The lowest BCUT2D eigenvalue weighted by Crippen LogP contribution is -2.10. The van der Waals surface area contributed by atoms with Gasteiger partial charge in [-0.15, -0.1) is 0 Å². The van der Waals surface area contributed by atoms with Crippen LogP contribution in [-0.4, -0.2) is 31.7 Å². The normalized spacial score (nSPS) is 10.8. The van der Waals surface area contributed by atoms with Gasteiger partial charge in [-0.2, -0.15) is 0 Å². The summed E-state index contributed by atoms with van der Waals surface area (Å²) in [4.78, 5) is 0. The average Bonchev–Trinajstić information content (AvgIpc) is 2.56. The molecule has 2 rings (SSSR count). The van der Waals surface area contributed by atoms with Crippen molar-refractivity contribution >= 4 is 6.21 Å². The molecule has 0 saturated heterocycles. The summed E-state index contributed by atoms with van der Waals surface area (Å²) in [7, 11) is 1.57. The Labute approximate surface area is 142 Å². The van der Waals surface area contributed by atoms with Crippen LogP contribution in [0.2, 0.25) is 0 Å². The van der Waals surface area contributed by atoms with Crippen LogP contribution in [0.1, 0.15) is 22.3 Å². The highest BCUT2D eigenvalue weighted by Crippen LogP contribution is 2.28. The van der Waals surface area contributed by atoms with Crippen LogP contribution >= 0.6 is 0 Å². The van der Waals surface area contributed by atoms with Gasteiger partial charge < -0.3 is 19.4 Å². The van der Waals surface area contributed by atoms with Crippen LogP contribution in [0.15, 0.2) is 35.5 Å². The van der Waals surface area contributed by atoms with Crippen molar-refractivity contribution in [3.05, 3.63) is 52.6 Å². The van der Waals surface area contributed by atoms with Crippen molar-refractivity contribution < 1.29 is 19.4 Å². The van der Waals surface area contributed by atoms with Crippen molar-refractivity contribution in [2.75, 3.05) is 20.3 Å². The molecule has 5 nitrogen and oxygen atoms in total. The van der Waals surface area contributed by atoms with Crippen LogP contribution in [-0.2, 0) is 0 Å². The largest absolute Gasteiger partial charge is 0.493 e. The molecule has 0 aliphatic carbocycles. The molecule has 0 amide bonds. The van der Waals surface area contributed by atoms with Gasteiger partial charge in [0.15, 0.2) is 11.5 Å². The van der Waals surface area contributed by atoms with Gasteiger partial charge in [-0.25, -0.2) is 0 Å². The molecule has 0 spiro atoms. The molecule has 0 atom stereocenters. The van der Waals surface area contributed by atoms with Crippen LogP contribution in [0.4, 0.5) is 0 Å². The number of hydrogen-bond donors (Lipinski definition) is 1. The smallest absolute Gasteiger partial charge is 0.161 e. The van der Waals surface area contributed by atoms with Gasteiger partial charge >= 0.3 is 0 Å². The van der Waals surface area contributed by atoms with Gasteiger partial charge in [-0.05, 0) is 61.7 Å². The molecule has 2 aromatic rings. The van der Waals surface area contributed by atoms with E-state index in [1.807, 2.05) is 6.07 Å². The van der Waals surface area contributed by atoms with Crippen molar-refractivity contribution in [1.82, 2.24) is 0 Å². The monoisotopic (exact) mass is 329 g/mol. The third-order valence-electron chi connectivity index (χ3n) is 3.76. The summed E-state index contributed by atoms with van der Waals surface area (Å²) in [5, 5.41) is 11.6. The van der Waals surface area contributed by atoms with Crippen molar-refractivity contribution in [2.45, 2.75) is 20.8 Å². The minimum Gasteiger partial charge on any atom is -0.493 e. The zero-order chi connectivity index (χ0) is 17.5. The number of hydrogen-bond acceptors (Lipinski definition) is 5. The average molecular weight is 329 g/mol. The maximum Gasteiger partial charge on any atom is 0.161 e. The molecule has 5 heteroatoms. The van der Waals surface area contributed by atoms with Gasteiger partial charge in [0.2, 0.25) is 0 Å². The minimum atomic E-state index is 0.399. The van der Waals surface area contributed by atoms with E-state index in [9.17, 15) is 0 Å². The summed E-state index contributed by atoms with van der Waals surface area (Å²) in [5.74, 6) is 2.08. The first-order valence-corrected chi connectivity index (χ1v) is 7.74. The molecule has 0 saturated carbocycles. The number of nitrogens with zero attached hydrogens (tertiary/aromatic N) is 1. The molecular weight excluding hydrogens is 306 g/mol. The Bertz CT molecular complexity index is 726. The zero-order valence-electron chi connectivity index (χ0n) is 14.5. The predicted octanol–water partition coefficient (Wildman–Crippen LogP) is 3.89. The number of aryl methyl sites for hydroxylation is 2. The minimum absolute atomic E-state index is 0.399. The molecule has 24 heavy (non-hydrogen) atoms. The van der Waals surface area contributed by atoms with E-state index < -0.39 is 0 Å². The SMILES string of the molecule is COc1cc(C=NO)ccc1OCCOc1cc(C)cc(C)c1C. The van der Waals surface area contributed by atoms with Crippen LogP contribution in [0.25, 0.3) is 0 Å². The van der Waals surface area contributed by atoms with E-state index >= 15 is 0 Å². The van der Waals surface area contributed by atoms with Crippen LogP contribution in [0.5, 0.6) is 17.2 Å². The molecule has 2 aromatic carbocycles. The molecule has 0 aromatic heterocycles. The van der Waals surface area contributed by atoms with Crippen LogP contribution < -0.4 is 14.2 Å². The summed E-state index contributed by atoms with van der Waals surface area (Å²) in [6.45, 7) is 7.02. The molecule has 0 aliphatic heterocycles. The van der Waals surface area contributed by atoms with E-state index in [1.165, 1.54) is 17.3 Å². The van der Waals surface area contributed by atoms with Gasteiger partial charge in [-0.1, -0.05) is 11.2 Å². The first kappa shape index (κ1) is 17.7. The molecule has 1 N–H and O–H groups in total. The Morgan fingerprint density at radius 2 is 1.67 bits per heavy atom. The number of methoxy groups -OCH3 is 1. The lowest BCUT2D eigenvalue weighted by atomic mass is 10.1. The van der Waals surface area contributed by atoms with Gasteiger partial charge in [0.1, 0.15) is 19.0 Å². The topological polar surface area (TPSA) is 60.3 Å². The van der Waals surface area contributed by atoms with E-state index in [-0.39, 0.29) is 0 Å². The first-order chi connectivity index (χ1) is 11.5. The second-order valence-electron chi connectivity index (χ2n) is 5.56. The van der Waals surface area contributed by atoms with Gasteiger partial charge in [-0.3, -0.25) is 0 Å². The van der Waals surface area contributed by atoms with E-state index in [0.717, 1.165) is 16.9 Å². The fourth-order valence-corrected chi connectivity index (χ4v) is 2.40. The molecule has 128 valence electrons. The number of rotatable bonds is 7. The molecular formula is C19H23NO4. The fraction of sp³-hybridized carbons (Fsp3) is 0.316. The highest BCUT2D eigenvalue weighted by molar-refractivity contribution is 5.80. The summed E-state index contributed by atoms with van der Waals surface area (Å²) >= 11 is 0. The third kappa shape index (κ3) is 4.41. The molecule has 0 unspecified atom stereocenters. The summed E-state index contributed by atoms with van der Waals surface area (Å²) in [5.41, 5.74) is 4.26. The molecule has 0 radical (unpaired) electrons. The Morgan fingerprint density at radius 1 is 0.958 bits per heavy atom. The second kappa shape index (κ2) is 8.24. The Balaban J connectivity index is 1.95. The fourth-order valence-electron chi connectivity index (χ4n) is 2.40. The second-order valence-corrected chi connectivity index (χ2v) is 5.56. The standard InChI is InChI=1S/C19H23NO4/c1-13-9-14(2)15(3)18(10-13)24-8-7-23-17-6-5-16(12-20-21)11-19(17)22-4/h5-6,9-12,21H,7-8H2,1-4H3. The number of benzene rings is 2. The third-order valence-corrected chi connectivity index (χ3v) is 3.76. The van der Waals surface area contributed by atoms with Crippen molar-refractivity contribution in [3.63, 3.8) is 0 Å². The summed E-state index contributed by atoms with van der Waals surface area (Å²) in [6, 6.07) is 9.47.